The highest BCUT2D eigenvalue weighted by atomic mass is 32.2. The van der Waals surface area contributed by atoms with Gasteiger partial charge in [-0.3, -0.25) is 9.52 Å². The Morgan fingerprint density at radius 3 is 2.42 bits per heavy atom. The number of hydrogen-bond acceptors (Lipinski definition) is 4. The van der Waals surface area contributed by atoms with Crippen molar-refractivity contribution in [2.45, 2.75) is 25.3 Å². The first-order chi connectivity index (χ1) is 15.8. The van der Waals surface area contributed by atoms with Gasteiger partial charge in [-0.2, -0.15) is 0 Å². The minimum absolute atomic E-state index is 0.0723. The van der Waals surface area contributed by atoms with Gasteiger partial charge in [-0.1, -0.05) is 36.4 Å². The number of carbonyl (C=O) groups is 1. The molecule has 168 valence electrons. The number of rotatable bonds is 7. The van der Waals surface area contributed by atoms with Gasteiger partial charge < -0.3 is 9.88 Å². The summed E-state index contributed by atoms with van der Waals surface area (Å²) in [4.78, 5) is 16.8. The summed E-state index contributed by atoms with van der Waals surface area (Å²) >= 11 is 0. The standard InChI is InChI=1S/C25H24N4O3S/c1-18-5-3-4-6-23(18)28-33(31,32)24-15-21(10-7-19(24)2)25(30)27-16-20-8-11-22(12-9-20)29-14-13-26-17-29/h3-15,17,28H,16H2,1-2H3,(H,27,30). The van der Waals surface area contributed by atoms with Gasteiger partial charge in [0.15, 0.2) is 0 Å². The van der Waals surface area contributed by atoms with E-state index in [1.54, 1.807) is 43.7 Å². The summed E-state index contributed by atoms with van der Waals surface area (Å²) in [6.07, 6.45) is 5.28. The van der Waals surface area contributed by atoms with Crippen molar-refractivity contribution >= 4 is 21.6 Å². The summed E-state index contributed by atoms with van der Waals surface area (Å²) in [5.41, 5.74) is 4.05. The van der Waals surface area contributed by atoms with Crippen molar-refractivity contribution in [3.05, 3.63) is 108 Å². The van der Waals surface area contributed by atoms with Crippen molar-refractivity contribution in [1.29, 1.82) is 0 Å². The summed E-state index contributed by atoms with van der Waals surface area (Å²) in [5.74, 6) is -0.346. The number of benzene rings is 3. The van der Waals surface area contributed by atoms with E-state index in [1.807, 2.05) is 54.1 Å². The molecule has 1 aromatic heterocycles. The fraction of sp³-hybridized carbons (Fsp3) is 0.120. The molecule has 0 aliphatic heterocycles. The van der Waals surface area contributed by atoms with Gasteiger partial charge in [0.1, 0.15) is 0 Å². The third kappa shape index (κ3) is 5.12. The van der Waals surface area contributed by atoms with Crippen LogP contribution in [0, 0.1) is 13.8 Å². The van der Waals surface area contributed by atoms with Crippen LogP contribution in [0.1, 0.15) is 27.0 Å². The van der Waals surface area contributed by atoms with Crippen molar-refractivity contribution in [2.24, 2.45) is 0 Å². The molecule has 0 fully saturated rings. The summed E-state index contributed by atoms with van der Waals surface area (Å²) in [6.45, 7) is 3.85. The minimum atomic E-state index is -3.85. The van der Waals surface area contributed by atoms with E-state index in [1.165, 1.54) is 6.07 Å². The van der Waals surface area contributed by atoms with Crippen molar-refractivity contribution < 1.29 is 13.2 Å². The fourth-order valence-corrected chi connectivity index (χ4v) is 4.80. The minimum Gasteiger partial charge on any atom is -0.348 e. The first-order valence-corrected chi connectivity index (χ1v) is 11.9. The molecule has 0 saturated carbocycles. The van der Waals surface area contributed by atoms with E-state index >= 15 is 0 Å². The van der Waals surface area contributed by atoms with Crippen molar-refractivity contribution in [2.75, 3.05) is 4.72 Å². The number of anilines is 1. The predicted octanol–water partition coefficient (Wildman–Crippen LogP) is 4.22. The van der Waals surface area contributed by atoms with E-state index in [0.717, 1.165) is 16.8 Å². The Morgan fingerprint density at radius 2 is 1.73 bits per heavy atom. The molecule has 2 N–H and O–H groups in total. The van der Waals surface area contributed by atoms with Crippen LogP contribution in [0.5, 0.6) is 0 Å². The maximum absolute atomic E-state index is 13.0. The number of nitrogens with zero attached hydrogens (tertiary/aromatic N) is 2. The van der Waals surface area contributed by atoms with E-state index in [4.69, 9.17) is 0 Å². The highest BCUT2D eigenvalue weighted by molar-refractivity contribution is 7.92. The molecule has 0 saturated heterocycles. The highest BCUT2D eigenvalue weighted by Gasteiger charge is 2.20. The zero-order valence-electron chi connectivity index (χ0n) is 18.3. The zero-order chi connectivity index (χ0) is 23.4. The molecular weight excluding hydrogens is 436 g/mol. The number of aromatic nitrogens is 2. The number of sulfonamides is 1. The van der Waals surface area contributed by atoms with Gasteiger partial charge in [-0.15, -0.1) is 0 Å². The molecule has 1 heterocycles. The molecule has 3 aromatic carbocycles. The van der Waals surface area contributed by atoms with Crippen LogP contribution in [0.2, 0.25) is 0 Å². The maximum Gasteiger partial charge on any atom is 0.262 e. The van der Waals surface area contributed by atoms with Crippen LogP contribution in [0.15, 0.2) is 90.3 Å². The largest absolute Gasteiger partial charge is 0.348 e. The van der Waals surface area contributed by atoms with E-state index in [-0.39, 0.29) is 16.4 Å². The van der Waals surface area contributed by atoms with Crippen LogP contribution in [0.25, 0.3) is 5.69 Å². The van der Waals surface area contributed by atoms with Crippen molar-refractivity contribution in [1.82, 2.24) is 14.9 Å². The molecular formula is C25H24N4O3S. The van der Waals surface area contributed by atoms with Gasteiger partial charge in [0, 0.05) is 30.2 Å². The van der Waals surface area contributed by atoms with Crippen LogP contribution in [-0.4, -0.2) is 23.9 Å². The molecule has 0 spiro atoms. The maximum atomic E-state index is 13.0. The zero-order valence-corrected chi connectivity index (χ0v) is 19.1. The van der Waals surface area contributed by atoms with Crippen LogP contribution >= 0.6 is 0 Å². The molecule has 0 aliphatic carbocycles. The lowest BCUT2D eigenvalue weighted by Crippen LogP contribution is -2.23. The van der Waals surface area contributed by atoms with E-state index in [0.29, 0.717) is 17.8 Å². The van der Waals surface area contributed by atoms with Gasteiger partial charge >= 0.3 is 0 Å². The molecule has 33 heavy (non-hydrogen) atoms. The van der Waals surface area contributed by atoms with Gasteiger partial charge in [0.2, 0.25) is 0 Å². The first kappa shape index (κ1) is 22.3. The molecule has 0 unspecified atom stereocenters. The Morgan fingerprint density at radius 1 is 0.970 bits per heavy atom. The highest BCUT2D eigenvalue weighted by Crippen LogP contribution is 2.23. The van der Waals surface area contributed by atoms with Gasteiger partial charge in [-0.05, 0) is 60.9 Å². The molecule has 7 nitrogen and oxygen atoms in total. The average molecular weight is 461 g/mol. The average Bonchev–Trinajstić information content (AvgIpc) is 3.34. The van der Waals surface area contributed by atoms with Crippen LogP contribution in [-0.2, 0) is 16.6 Å². The number of amides is 1. The number of imidazole rings is 1. The smallest absolute Gasteiger partial charge is 0.262 e. The summed E-state index contributed by atoms with van der Waals surface area (Å²) in [7, 11) is -3.85. The Hall–Kier alpha value is -3.91. The lowest BCUT2D eigenvalue weighted by atomic mass is 10.1. The van der Waals surface area contributed by atoms with Crippen LogP contribution in [0.4, 0.5) is 5.69 Å². The lowest BCUT2D eigenvalue weighted by molar-refractivity contribution is 0.0950. The van der Waals surface area contributed by atoms with Crippen molar-refractivity contribution in [3.63, 3.8) is 0 Å². The summed E-state index contributed by atoms with van der Waals surface area (Å²) < 4.78 is 30.5. The van der Waals surface area contributed by atoms with Crippen molar-refractivity contribution in [3.8, 4) is 5.69 Å². The molecule has 1 amide bonds. The number of para-hydroxylation sites is 1. The molecule has 0 bridgehead atoms. The normalized spacial score (nSPS) is 11.2. The number of aryl methyl sites for hydroxylation is 2. The molecule has 0 radical (unpaired) electrons. The molecule has 4 rings (SSSR count). The Labute approximate surface area is 193 Å². The quantitative estimate of drug-likeness (QED) is 0.432. The number of nitrogens with one attached hydrogen (secondary N) is 2. The van der Waals surface area contributed by atoms with E-state index in [2.05, 4.69) is 15.0 Å². The van der Waals surface area contributed by atoms with Crippen LogP contribution < -0.4 is 10.0 Å². The van der Waals surface area contributed by atoms with E-state index < -0.39 is 10.0 Å². The second kappa shape index (κ2) is 9.30. The second-order valence-corrected chi connectivity index (χ2v) is 9.37. The molecule has 8 heteroatoms. The third-order valence-corrected chi connectivity index (χ3v) is 6.83. The van der Waals surface area contributed by atoms with Gasteiger partial charge in [-0.25, -0.2) is 13.4 Å². The van der Waals surface area contributed by atoms with Crippen LogP contribution in [0.3, 0.4) is 0 Å². The second-order valence-electron chi connectivity index (χ2n) is 7.72. The Bertz CT molecular complexity index is 1380. The SMILES string of the molecule is Cc1ccccc1NS(=O)(=O)c1cc(C(=O)NCc2ccc(-n3ccnc3)cc2)ccc1C. The Kier molecular flexibility index (Phi) is 6.28. The van der Waals surface area contributed by atoms with E-state index in [9.17, 15) is 13.2 Å². The third-order valence-electron chi connectivity index (χ3n) is 5.32. The summed E-state index contributed by atoms with van der Waals surface area (Å²) in [5, 5.41) is 2.85. The summed E-state index contributed by atoms with van der Waals surface area (Å²) in [6, 6.07) is 19.5. The van der Waals surface area contributed by atoms with Gasteiger partial charge in [0.25, 0.3) is 15.9 Å². The lowest BCUT2D eigenvalue weighted by Gasteiger charge is -2.13. The molecule has 4 aromatic rings. The molecule has 0 atom stereocenters. The topological polar surface area (TPSA) is 93.1 Å². The van der Waals surface area contributed by atoms with Gasteiger partial charge in [0.05, 0.1) is 16.9 Å². The first-order valence-electron chi connectivity index (χ1n) is 10.4. The monoisotopic (exact) mass is 460 g/mol. The number of hydrogen-bond donors (Lipinski definition) is 2. The number of carbonyl (C=O) groups excluding carboxylic acids is 1. The molecule has 0 aliphatic rings. The Balaban J connectivity index is 1.47. The fourth-order valence-electron chi connectivity index (χ4n) is 3.40. The predicted molar refractivity (Wildman–Crippen MR) is 128 cm³/mol.